The zero-order valence-corrected chi connectivity index (χ0v) is 20.7. The molecule has 2 unspecified atom stereocenters. The van der Waals surface area contributed by atoms with Gasteiger partial charge in [0, 0.05) is 19.7 Å². The Morgan fingerprint density at radius 3 is 2.70 bits per heavy atom. The second-order valence-electron chi connectivity index (χ2n) is 9.31. The van der Waals surface area contributed by atoms with E-state index in [0.717, 1.165) is 74.5 Å². The number of rotatable bonds is 10. The summed E-state index contributed by atoms with van der Waals surface area (Å²) in [5.74, 6) is 2.04. The van der Waals surface area contributed by atoms with E-state index in [0.29, 0.717) is 5.75 Å². The third-order valence-corrected chi connectivity index (χ3v) is 7.59. The van der Waals surface area contributed by atoms with Crippen LogP contribution < -0.4 is 10.2 Å². The van der Waals surface area contributed by atoms with E-state index >= 15 is 0 Å². The highest BCUT2D eigenvalue weighted by Gasteiger charge is 2.26. The van der Waals surface area contributed by atoms with E-state index < -0.39 is 0 Å². The average Bonchev–Trinajstić information content (AvgIpc) is 3.49. The Morgan fingerprint density at radius 1 is 1.21 bits per heavy atom. The minimum absolute atomic E-state index is 0.0299. The molecule has 2 aliphatic heterocycles. The molecule has 1 N–H and O–H groups in total. The van der Waals surface area contributed by atoms with Crippen molar-refractivity contribution in [3.05, 3.63) is 35.9 Å². The number of piperidine rings is 1. The molecule has 4 rings (SSSR count). The van der Waals surface area contributed by atoms with Crippen LogP contribution in [0.5, 0.6) is 0 Å². The van der Waals surface area contributed by atoms with E-state index in [-0.39, 0.29) is 18.1 Å². The predicted octanol–water partition coefficient (Wildman–Crippen LogP) is 4.44. The van der Waals surface area contributed by atoms with Gasteiger partial charge in [-0.1, -0.05) is 62.4 Å². The highest BCUT2D eigenvalue weighted by Crippen LogP contribution is 2.28. The summed E-state index contributed by atoms with van der Waals surface area (Å²) in [6.45, 7) is 8.05. The van der Waals surface area contributed by atoms with Crippen LogP contribution in [0.1, 0.15) is 64.0 Å². The normalized spacial score (nSPS) is 20.2. The number of carbonyl (C=O) groups is 1. The summed E-state index contributed by atoms with van der Waals surface area (Å²) < 4.78 is 8.10. The fourth-order valence-corrected chi connectivity index (χ4v) is 5.40. The Balaban J connectivity index is 1.42. The molecule has 8 heteroatoms. The van der Waals surface area contributed by atoms with E-state index in [2.05, 4.69) is 51.0 Å². The topological polar surface area (TPSA) is 72.3 Å². The summed E-state index contributed by atoms with van der Waals surface area (Å²) in [6, 6.07) is 10.3. The van der Waals surface area contributed by atoms with Crippen molar-refractivity contribution in [2.24, 2.45) is 5.92 Å². The number of carbonyl (C=O) groups excluding carboxylic acids is 1. The van der Waals surface area contributed by atoms with Crippen LogP contribution in [0, 0.1) is 5.92 Å². The summed E-state index contributed by atoms with van der Waals surface area (Å²) in [5, 5.41) is 13.1. The van der Waals surface area contributed by atoms with Crippen molar-refractivity contribution in [3.63, 3.8) is 0 Å². The maximum absolute atomic E-state index is 12.9. The zero-order valence-electron chi connectivity index (χ0n) is 19.9. The molecule has 0 bridgehead atoms. The Morgan fingerprint density at radius 2 is 2.00 bits per heavy atom. The molecule has 0 spiro atoms. The van der Waals surface area contributed by atoms with Crippen molar-refractivity contribution >= 4 is 23.6 Å². The predicted molar refractivity (Wildman–Crippen MR) is 133 cm³/mol. The molecule has 0 radical (unpaired) electrons. The largest absolute Gasteiger partial charge is 0.376 e. The van der Waals surface area contributed by atoms with E-state index in [4.69, 9.17) is 4.74 Å². The summed E-state index contributed by atoms with van der Waals surface area (Å²) in [4.78, 5) is 15.2. The number of nitrogens with one attached hydrogen (secondary N) is 1. The minimum atomic E-state index is 0.0299. The number of hydrogen-bond acceptors (Lipinski definition) is 6. The third kappa shape index (κ3) is 6.51. The number of benzene rings is 1. The Hall–Kier alpha value is -2.06. The number of anilines is 1. The van der Waals surface area contributed by atoms with Crippen LogP contribution >= 0.6 is 11.8 Å². The molecule has 2 atom stereocenters. The van der Waals surface area contributed by atoms with Gasteiger partial charge in [-0.25, -0.2) is 0 Å². The molecule has 2 aliphatic rings. The number of ether oxygens (including phenoxy) is 1. The summed E-state index contributed by atoms with van der Waals surface area (Å²) in [7, 11) is 0. The minimum Gasteiger partial charge on any atom is -0.376 e. The van der Waals surface area contributed by atoms with Crippen molar-refractivity contribution in [1.82, 2.24) is 20.1 Å². The van der Waals surface area contributed by atoms with Crippen molar-refractivity contribution < 1.29 is 9.53 Å². The van der Waals surface area contributed by atoms with Gasteiger partial charge in [-0.15, -0.1) is 10.2 Å². The molecule has 0 saturated carbocycles. The van der Waals surface area contributed by atoms with Crippen LogP contribution in [0.4, 0.5) is 5.95 Å². The van der Waals surface area contributed by atoms with Crippen LogP contribution in [0.15, 0.2) is 35.5 Å². The lowest BCUT2D eigenvalue weighted by molar-refractivity contribution is -0.119. The maximum atomic E-state index is 12.9. The molecule has 2 fully saturated rings. The molecule has 33 heavy (non-hydrogen) atoms. The fourth-order valence-electron chi connectivity index (χ4n) is 4.64. The molecular formula is C25H37N5O2S. The first-order valence-corrected chi connectivity index (χ1v) is 13.4. The van der Waals surface area contributed by atoms with Crippen LogP contribution in [-0.4, -0.2) is 52.2 Å². The lowest BCUT2D eigenvalue weighted by Gasteiger charge is -2.31. The van der Waals surface area contributed by atoms with Crippen molar-refractivity contribution in [1.29, 1.82) is 0 Å². The van der Waals surface area contributed by atoms with Crippen molar-refractivity contribution in [3.8, 4) is 0 Å². The van der Waals surface area contributed by atoms with Gasteiger partial charge in [0.15, 0.2) is 5.16 Å². The molecule has 2 aromatic rings. The Bertz CT molecular complexity index is 876. The molecule has 7 nitrogen and oxygen atoms in total. The van der Waals surface area contributed by atoms with E-state index in [1.165, 1.54) is 24.6 Å². The lowest BCUT2D eigenvalue weighted by Crippen LogP contribution is -2.35. The second-order valence-corrected chi connectivity index (χ2v) is 10.2. The smallest absolute Gasteiger partial charge is 0.230 e. The number of hydrogen-bond donors (Lipinski definition) is 1. The summed E-state index contributed by atoms with van der Waals surface area (Å²) in [6.07, 6.45) is 6.66. The summed E-state index contributed by atoms with van der Waals surface area (Å²) >= 11 is 1.47. The Labute approximate surface area is 201 Å². The first-order valence-electron chi connectivity index (χ1n) is 12.4. The second kappa shape index (κ2) is 11.9. The maximum Gasteiger partial charge on any atom is 0.230 e. The van der Waals surface area contributed by atoms with Crippen molar-refractivity contribution in [2.45, 2.75) is 76.2 Å². The first-order chi connectivity index (χ1) is 16.1. The highest BCUT2D eigenvalue weighted by atomic mass is 32.2. The van der Waals surface area contributed by atoms with Gasteiger partial charge in [-0.3, -0.25) is 9.36 Å². The SMILES string of the molecule is CCCC(NC(=O)CSc1nnc(N2CCC(C)CC2)n1CC1CCCO1)c1ccccc1. The molecule has 0 aliphatic carbocycles. The molecule has 2 saturated heterocycles. The van der Waals surface area contributed by atoms with Crippen LogP contribution in [0.2, 0.25) is 0 Å². The van der Waals surface area contributed by atoms with E-state index in [1.54, 1.807) is 0 Å². The van der Waals surface area contributed by atoms with E-state index in [9.17, 15) is 4.79 Å². The lowest BCUT2D eigenvalue weighted by atomic mass is 10.00. The molecule has 1 aromatic heterocycles. The van der Waals surface area contributed by atoms with E-state index in [1.807, 2.05) is 18.2 Å². The van der Waals surface area contributed by atoms with Crippen LogP contribution in [0.25, 0.3) is 0 Å². The van der Waals surface area contributed by atoms with Gasteiger partial charge in [0.1, 0.15) is 0 Å². The third-order valence-electron chi connectivity index (χ3n) is 6.62. The van der Waals surface area contributed by atoms with Gasteiger partial charge in [0.05, 0.1) is 24.4 Å². The number of amides is 1. The molecule has 3 heterocycles. The van der Waals surface area contributed by atoms with Gasteiger partial charge in [-0.05, 0) is 43.6 Å². The van der Waals surface area contributed by atoms with Gasteiger partial charge < -0.3 is 15.0 Å². The molecule has 1 aromatic carbocycles. The average molecular weight is 472 g/mol. The first kappa shape index (κ1) is 24.1. The van der Waals surface area contributed by atoms with Crippen molar-refractivity contribution in [2.75, 3.05) is 30.3 Å². The zero-order chi connectivity index (χ0) is 23.0. The van der Waals surface area contributed by atoms with Gasteiger partial charge in [0.25, 0.3) is 0 Å². The number of thioether (sulfide) groups is 1. The van der Waals surface area contributed by atoms with Gasteiger partial charge in [0.2, 0.25) is 11.9 Å². The monoisotopic (exact) mass is 471 g/mol. The van der Waals surface area contributed by atoms with Gasteiger partial charge >= 0.3 is 0 Å². The van der Waals surface area contributed by atoms with Gasteiger partial charge in [-0.2, -0.15) is 0 Å². The summed E-state index contributed by atoms with van der Waals surface area (Å²) in [5.41, 5.74) is 1.15. The molecule has 180 valence electrons. The molecular weight excluding hydrogens is 434 g/mol. The standard InChI is InChI=1S/C25H37N5O2S/c1-3-8-22(20-9-5-4-6-10-20)26-23(31)18-33-25-28-27-24(29-14-12-19(2)13-15-29)30(25)17-21-11-7-16-32-21/h4-6,9-10,19,21-22H,3,7-8,11-18H2,1-2H3,(H,26,31). The highest BCUT2D eigenvalue weighted by molar-refractivity contribution is 7.99. The number of aromatic nitrogens is 3. The quantitative estimate of drug-likeness (QED) is 0.517. The van der Waals surface area contributed by atoms with Crippen LogP contribution in [-0.2, 0) is 16.1 Å². The number of nitrogens with zero attached hydrogens (tertiary/aromatic N) is 4. The fraction of sp³-hybridized carbons (Fsp3) is 0.640. The molecule has 1 amide bonds. The van der Waals surface area contributed by atoms with Crippen LogP contribution in [0.3, 0.4) is 0 Å². The Kier molecular flexibility index (Phi) is 8.67.